The summed E-state index contributed by atoms with van der Waals surface area (Å²) in [6, 6.07) is 5.47. The molecule has 3 N–H and O–H groups in total. The van der Waals surface area contributed by atoms with Gasteiger partial charge in [0, 0.05) is 11.6 Å². The molecule has 0 spiro atoms. The Morgan fingerprint density at radius 1 is 1.38 bits per heavy atom. The summed E-state index contributed by atoms with van der Waals surface area (Å²) in [4.78, 5) is 12.5. The van der Waals surface area contributed by atoms with E-state index in [1.165, 1.54) is 19.3 Å². The number of nitrogens with one attached hydrogen (secondary N) is 1. The second-order valence-corrected chi connectivity index (χ2v) is 6.08. The van der Waals surface area contributed by atoms with Crippen LogP contribution in [0.5, 0.6) is 5.75 Å². The predicted molar refractivity (Wildman–Crippen MR) is 85.8 cm³/mol. The number of anilines is 1. The number of nitrogen functional groups attached to an aromatic ring is 1. The van der Waals surface area contributed by atoms with Gasteiger partial charge in [0.25, 0.3) is 0 Å². The molecule has 0 saturated heterocycles. The summed E-state index contributed by atoms with van der Waals surface area (Å²) >= 11 is 0. The Balaban J connectivity index is 2.03. The van der Waals surface area contributed by atoms with Crippen LogP contribution in [0.4, 0.5) is 5.69 Å². The predicted octanol–water partition coefficient (Wildman–Crippen LogP) is 3.02. The summed E-state index contributed by atoms with van der Waals surface area (Å²) in [5.74, 6) is 1.32. The minimum atomic E-state index is -0.191. The van der Waals surface area contributed by atoms with Crippen molar-refractivity contribution in [2.24, 2.45) is 5.92 Å². The summed E-state index contributed by atoms with van der Waals surface area (Å²) in [7, 11) is 1.57. The third kappa shape index (κ3) is 3.76. The molecule has 2 rings (SSSR count). The van der Waals surface area contributed by atoms with Crippen molar-refractivity contribution in [3.8, 4) is 5.75 Å². The lowest BCUT2D eigenvalue weighted by Crippen LogP contribution is -2.45. The number of carbonyl (C=O) groups excluding carboxylic acids is 1. The summed E-state index contributed by atoms with van der Waals surface area (Å²) in [5.41, 5.74) is 7.02. The van der Waals surface area contributed by atoms with E-state index in [2.05, 4.69) is 12.2 Å². The number of hydrogen-bond donors (Lipinski definition) is 2. The second-order valence-electron chi connectivity index (χ2n) is 6.08. The minimum Gasteiger partial charge on any atom is -0.495 e. The number of ether oxygens (including phenoxy) is 1. The van der Waals surface area contributed by atoms with Gasteiger partial charge in [-0.2, -0.15) is 0 Å². The molecule has 1 aromatic rings. The van der Waals surface area contributed by atoms with Crippen LogP contribution in [-0.4, -0.2) is 25.0 Å². The monoisotopic (exact) mass is 290 g/mol. The van der Waals surface area contributed by atoms with Crippen molar-refractivity contribution in [3.63, 3.8) is 0 Å². The van der Waals surface area contributed by atoms with Crippen molar-refractivity contribution in [3.05, 3.63) is 23.8 Å². The van der Waals surface area contributed by atoms with Crippen LogP contribution in [0.3, 0.4) is 0 Å². The normalized spacial score (nSPS) is 23.6. The van der Waals surface area contributed by atoms with Gasteiger partial charge in [0.2, 0.25) is 0 Å². The van der Waals surface area contributed by atoms with Crippen LogP contribution in [0.25, 0.3) is 0 Å². The molecule has 1 aliphatic rings. The van der Waals surface area contributed by atoms with E-state index in [9.17, 15) is 4.79 Å². The third-order valence-electron chi connectivity index (χ3n) is 4.48. The van der Waals surface area contributed by atoms with Crippen molar-refractivity contribution in [2.75, 3.05) is 12.8 Å². The maximum absolute atomic E-state index is 12.5. The van der Waals surface area contributed by atoms with Crippen molar-refractivity contribution < 1.29 is 9.53 Å². The lowest BCUT2D eigenvalue weighted by atomic mass is 9.85. The Morgan fingerprint density at radius 2 is 2.10 bits per heavy atom. The lowest BCUT2D eigenvalue weighted by molar-refractivity contribution is 0.0933. The smallest absolute Gasteiger partial charge is 0.179 e. The first-order valence-electron chi connectivity index (χ1n) is 7.76. The van der Waals surface area contributed by atoms with E-state index in [1.807, 2.05) is 6.92 Å². The Kier molecular flexibility index (Phi) is 5.23. The Hall–Kier alpha value is -1.55. The Labute approximate surface area is 127 Å². The van der Waals surface area contributed by atoms with Crippen molar-refractivity contribution >= 4 is 11.5 Å². The first-order valence-corrected chi connectivity index (χ1v) is 7.76. The first kappa shape index (κ1) is 15.8. The highest BCUT2D eigenvalue weighted by Crippen LogP contribution is 2.25. The molecule has 0 bridgehead atoms. The highest BCUT2D eigenvalue weighted by Gasteiger charge is 2.25. The van der Waals surface area contributed by atoms with Crippen molar-refractivity contribution in [1.29, 1.82) is 0 Å². The zero-order valence-corrected chi connectivity index (χ0v) is 13.2. The standard InChI is InChI=1S/C17H26N2O2/c1-11-6-4-5-7-15(11)19-12(2)17(20)13-8-9-16(21-3)14(18)10-13/h8-12,15,19H,4-7,18H2,1-3H3. The Bertz CT molecular complexity index is 502. The molecule has 1 aliphatic carbocycles. The zero-order valence-electron chi connectivity index (χ0n) is 13.2. The second kappa shape index (κ2) is 6.94. The van der Waals surface area contributed by atoms with E-state index >= 15 is 0 Å². The molecule has 0 radical (unpaired) electrons. The third-order valence-corrected chi connectivity index (χ3v) is 4.48. The van der Waals surface area contributed by atoms with E-state index < -0.39 is 0 Å². The van der Waals surface area contributed by atoms with Gasteiger partial charge in [0.15, 0.2) is 5.78 Å². The average molecular weight is 290 g/mol. The summed E-state index contributed by atoms with van der Waals surface area (Å²) < 4.78 is 5.12. The maximum atomic E-state index is 12.5. The fraction of sp³-hybridized carbons (Fsp3) is 0.588. The largest absolute Gasteiger partial charge is 0.495 e. The van der Waals surface area contributed by atoms with Gasteiger partial charge in [-0.1, -0.05) is 19.8 Å². The summed E-state index contributed by atoms with van der Waals surface area (Å²) in [5, 5.41) is 3.49. The van der Waals surface area contributed by atoms with Crippen LogP contribution < -0.4 is 15.8 Å². The van der Waals surface area contributed by atoms with Crippen LogP contribution in [0.15, 0.2) is 18.2 Å². The number of carbonyl (C=O) groups is 1. The molecule has 0 aromatic heterocycles. The van der Waals surface area contributed by atoms with E-state index in [0.29, 0.717) is 29.0 Å². The van der Waals surface area contributed by atoms with Crippen LogP contribution in [0, 0.1) is 5.92 Å². The van der Waals surface area contributed by atoms with Crippen LogP contribution in [-0.2, 0) is 0 Å². The number of methoxy groups -OCH3 is 1. The minimum absolute atomic E-state index is 0.0853. The van der Waals surface area contributed by atoms with Gasteiger partial charge in [-0.25, -0.2) is 0 Å². The van der Waals surface area contributed by atoms with E-state index in [1.54, 1.807) is 25.3 Å². The number of rotatable bonds is 5. The lowest BCUT2D eigenvalue weighted by Gasteiger charge is -2.31. The van der Waals surface area contributed by atoms with Crippen LogP contribution in [0.2, 0.25) is 0 Å². The molecule has 1 fully saturated rings. The van der Waals surface area contributed by atoms with Crippen LogP contribution >= 0.6 is 0 Å². The summed E-state index contributed by atoms with van der Waals surface area (Å²) in [6.45, 7) is 4.20. The first-order chi connectivity index (χ1) is 10.0. The van der Waals surface area contributed by atoms with Gasteiger partial charge in [-0.3, -0.25) is 4.79 Å². The van der Waals surface area contributed by atoms with Gasteiger partial charge in [-0.05, 0) is 43.9 Å². The molecule has 21 heavy (non-hydrogen) atoms. The van der Waals surface area contributed by atoms with E-state index in [0.717, 1.165) is 6.42 Å². The fourth-order valence-corrected chi connectivity index (χ4v) is 3.10. The Morgan fingerprint density at radius 3 is 2.71 bits per heavy atom. The SMILES string of the molecule is COc1ccc(C(=O)C(C)NC2CCCCC2C)cc1N. The molecule has 0 heterocycles. The van der Waals surface area contributed by atoms with Crippen molar-refractivity contribution in [2.45, 2.75) is 51.6 Å². The van der Waals surface area contributed by atoms with E-state index in [4.69, 9.17) is 10.5 Å². The quantitative estimate of drug-likeness (QED) is 0.646. The molecule has 0 amide bonds. The molecule has 3 unspecified atom stereocenters. The number of benzene rings is 1. The molecular formula is C17H26N2O2. The number of ketones is 1. The fourth-order valence-electron chi connectivity index (χ4n) is 3.10. The molecule has 4 nitrogen and oxygen atoms in total. The maximum Gasteiger partial charge on any atom is 0.179 e. The highest BCUT2D eigenvalue weighted by atomic mass is 16.5. The number of nitrogens with two attached hydrogens (primary N) is 1. The van der Waals surface area contributed by atoms with E-state index in [-0.39, 0.29) is 11.8 Å². The van der Waals surface area contributed by atoms with Gasteiger partial charge in [0.1, 0.15) is 5.75 Å². The molecule has 116 valence electrons. The number of Topliss-reactive ketones (excluding diaryl/α,β-unsaturated/α-hetero) is 1. The van der Waals surface area contributed by atoms with Gasteiger partial charge >= 0.3 is 0 Å². The highest BCUT2D eigenvalue weighted by molar-refractivity contribution is 6.00. The molecule has 0 aliphatic heterocycles. The van der Waals surface area contributed by atoms with Crippen LogP contribution in [0.1, 0.15) is 49.9 Å². The van der Waals surface area contributed by atoms with Gasteiger partial charge < -0.3 is 15.8 Å². The van der Waals surface area contributed by atoms with Crippen molar-refractivity contribution in [1.82, 2.24) is 5.32 Å². The molecule has 1 aromatic carbocycles. The van der Waals surface area contributed by atoms with Gasteiger partial charge in [0.05, 0.1) is 18.8 Å². The molecule has 1 saturated carbocycles. The molecule has 4 heteroatoms. The summed E-state index contributed by atoms with van der Waals surface area (Å²) in [6.07, 6.45) is 4.95. The topological polar surface area (TPSA) is 64.3 Å². The zero-order chi connectivity index (χ0) is 15.4. The number of hydrogen-bond acceptors (Lipinski definition) is 4. The van der Waals surface area contributed by atoms with Gasteiger partial charge in [-0.15, -0.1) is 0 Å². The average Bonchev–Trinajstić information content (AvgIpc) is 2.48. The molecule has 3 atom stereocenters. The molecular weight excluding hydrogens is 264 g/mol.